The van der Waals surface area contributed by atoms with Crippen LogP contribution in [0.3, 0.4) is 0 Å². The van der Waals surface area contributed by atoms with Crippen LogP contribution in [0.15, 0.2) is 48.5 Å². The van der Waals surface area contributed by atoms with Gasteiger partial charge in [-0.05, 0) is 30.2 Å². The Morgan fingerprint density at radius 2 is 1.77 bits per heavy atom. The normalized spacial score (nSPS) is 14.8. The SMILES string of the molecule is COc1ccc([C@H](NCC(=O)N2CCNC2=O)c2ccc(C)cc2)cc1. The Balaban J connectivity index is 1.79. The average Bonchev–Trinajstić information content (AvgIpc) is 3.09. The second-order valence-corrected chi connectivity index (χ2v) is 6.28. The quantitative estimate of drug-likeness (QED) is 0.836. The van der Waals surface area contributed by atoms with Gasteiger partial charge < -0.3 is 10.1 Å². The summed E-state index contributed by atoms with van der Waals surface area (Å²) in [6, 6.07) is 15.4. The summed E-state index contributed by atoms with van der Waals surface area (Å²) in [5.74, 6) is 0.548. The monoisotopic (exact) mass is 353 g/mol. The van der Waals surface area contributed by atoms with E-state index in [2.05, 4.69) is 10.6 Å². The highest BCUT2D eigenvalue weighted by Gasteiger charge is 2.26. The maximum absolute atomic E-state index is 12.4. The first-order valence-electron chi connectivity index (χ1n) is 8.60. The summed E-state index contributed by atoms with van der Waals surface area (Å²) in [5.41, 5.74) is 3.25. The molecule has 3 rings (SSSR count). The molecule has 0 radical (unpaired) electrons. The molecular weight excluding hydrogens is 330 g/mol. The van der Waals surface area contributed by atoms with E-state index in [1.165, 1.54) is 10.5 Å². The molecule has 0 unspecified atom stereocenters. The van der Waals surface area contributed by atoms with E-state index in [0.29, 0.717) is 13.1 Å². The third kappa shape index (κ3) is 4.03. The number of carbonyl (C=O) groups is 2. The van der Waals surface area contributed by atoms with Crippen molar-refractivity contribution in [2.75, 3.05) is 26.7 Å². The topological polar surface area (TPSA) is 70.7 Å². The number of methoxy groups -OCH3 is 1. The van der Waals surface area contributed by atoms with Crippen LogP contribution >= 0.6 is 0 Å². The number of urea groups is 1. The number of imide groups is 1. The van der Waals surface area contributed by atoms with Gasteiger partial charge in [-0.3, -0.25) is 15.0 Å². The van der Waals surface area contributed by atoms with Gasteiger partial charge in [-0.25, -0.2) is 4.79 Å². The Morgan fingerprint density at radius 1 is 1.15 bits per heavy atom. The fraction of sp³-hybridized carbons (Fsp3) is 0.300. The number of nitrogens with one attached hydrogen (secondary N) is 2. The standard InChI is InChI=1S/C20H23N3O3/c1-14-3-5-15(6-4-14)19(16-7-9-17(26-2)10-8-16)22-13-18(24)23-12-11-21-20(23)25/h3-10,19,22H,11-13H2,1-2H3,(H,21,25)/t19-/m1/s1. The molecule has 0 aliphatic carbocycles. The van der Waals surface area contributed by atoms with E-state index in [-0.39, 0.29) is 24.5 Å². The number of carbonyl (C=O) groups excluding carboxylic acids is 2. The minimum Gasteiger partial charge on any atom is -0.497 e. The van der Waals surface area contributed by atoms with Crippen LogP contribution in [0.25, 0.3) is 0 Å². The van der Waals surface area contributed by atoms with Gasteiger partial charge >= 0.3 is 6.03 Å². The van der Waals surface area contributed by atoms with Crippen LogP contribution in [0.2, 0.25) is 0 Å². The van der Waals surface area contributed by atoms with Crippen molar-refractivity contribution in [3.8, 4) is 5.75 Å². The molecule has 2 aromatic rings. The number of rotatable bonds is 6. The molecule has 26 heavy (non-hydrogen) atoms. The lowest BCUT2D eigenvalue weighted by molar-refractivity contribution is -0.126. The van der Waals surface area contributed by atoms with Gasteiger partial charge in [-0.1, -0.05) is 42.0 Å². The second-order valence-electron chi connectivity index (χ2n) is 6.28. The van der Waals surface area contributed by atoms with Crippen LogP contribution in [-0.2, 0) is 4.79 Å². The fourth-order valence-corrected chi connectivity index (χ4v) is 2.98. The van der Waals surface area contributed by atoms with Crippen LogP contribution in [0.5, 0.6) is 5.75 Å². The lowest BCUT2D eigenvalue weighted by Crippen LogP contribution is -2.41. The van der Waals surface area contributed by atoms with E-state index in [9.17, 15) is 9.59 Å². The van der Waals surface area contributed by atoms with Crippen LogP contribution in [0.4, 0.5) is 4.79 Å². The molecule has 2 N–H and O–H groups in total. The molecule has 3 amide bonds. The first kappa shape index (κ1) is 17.9. The van der Waals surface area contributed by atoms with Crippen LogP contribution in [0.1, 0.15) is 22.7 Å². The van der Waals surface area contributed by atoms with Crippen molar-refractivity contribution < 1.29 is 14.3 Å². The number of aryl methyl sites for hydroxylation is 1. The van der Waals surface area contributed by atoms with E-state index in [1.807, 2.05) is 55.5 Å². The molecule has 1 aliphatic rings. The highest BCUT2D eigenvalue weighted by molar-refractivity contribution is 5.96. The van der Waals surface area contributed by atoms with Crippen molar-refractivity contribution in [1.29, 1.82) is 0 Å². The maximum Gasteiger partial charge on any atom is 0.324 e. The molecular formula is C20H23N3O3. The molecule has 1 saturated heterocycles. The first-order chi connectivity index (χ1) is 12.6. The van der Waals surface area contributed by atoms with Gasteiger partial charge in [-0.15, -0.1) is 0 Å². The van der Waals surface area contributed by atoms with E-state index < -0.39 is 0 Å². The van der Waals surface area contributed by atoms with Gasteiger partial charge in [-0.2, -0.15) is 0 Å². The lowest BCUT2D eigenvalue weighted by atomic mass is 9.97. The smallest absolute Gasteiger partial charge is 0.324 e. The fourth-order valence-electron chi connectivity index (χ4n) is 2.98. The third-order valence-corrected chi connectivity index (χ3v) is 4.48. The molecule has 6 heteroatoms. The number of hydrogen-bond donors (Lipinski definition) is 2. The molecule has 1 heterocycles. The summed E-state index contributed by atoms with van der Waals surface area (Å²) in [4.78, 5) is 25.3. The molecule has 2 aromatic carbocycles. The Morgan fingerprint density at radius 3 is 2.31 bits per heavy atom. The number of amides is 3. The van der Waals surface area contributed by atoms with Crippen LogP contribution in [0, 0.1) is 6.92 Å². The minimum atomic E-state index is -0.326. The Kier molecular flexibility index (Phi) is 5.53. The van der Waals surface area contributed by atoms with Gasteiger partial charge in [0.1, 0.15) is 5.75 Å². The summed E-state index contributed by atoms with van der Waals surface area (Å²) in [7, 11) is 1.63. The Labute approximate surface area is 153 Å². The van der Waals surface area contributed by atoms with E-state index in [1.54, 1.807) is 7.11 Å². The molecule has 136 valence electrons. The van der Waals surface area contributed by atoms with Crippen molar-refractivity contribution in [3.05, 3.63) is 65.2 Å². The summed E-state index contributed by atoms with van der Waals surface area (Å²) >= 11 is 0. The summed E-state index contributed by atoms with van der Waals surface area (Å²) < 4.78 is 5.22. The number of benzene rings is 2. The van der Waals surface area contributed by atoms with E-state index in [4.69, 9.17) is 4.74 Å². The highest BCUT2D eigenvalue weighted by atomic mass is 16.5. The van der Waals surface area contributed by atoms with Gasteiger partial charge in [0.05, 0.1) is 19.7 Å². The molecule has 0 spiro atoms. The molecule has 1 atom stereocenters. The molecule has 1 aliphatic heterocycles. The van der Waals surface area contributed by atoms with Crippen molar-refractivity contribution in [2.24, 2.45) is 0 Å². The largest absolute Gasteiger partial charge is 0.497 e. The molecule has 1 fully saturated rings. The molecule has 0 bridgehead atoms. The minimum absolute atomic E-state index is 0.0813. The second kappa shape index (κ2) is 8.01. The van der Waals surface area contributed by atoms with Crippen molar-refractivity contribution >= 4 is 11.9 Å². The average molecular weight is 353 g/mol. The van der Waals surface area contributed by atoms with Gasteiger partial charge in [0.25, 0.3) is 0 Å². The van der Waals surface area contributed by atoms with Crippen molar-refractivity contribution in [1.82, 2.24) is 15.5 Å². The molecule has 6 nitrogen and oxygen atoms in total. The Bertz CT molecular complexity index is 772. The number of nitrogens with zero attached hydrogens (tertiary/aromatic N) is 1. The predicted molar refractivity (Wildman–Crippen MR) is 99.1 cm³/mol. The molecule has 0 aromatic heterocycles. The van der Waals surface area contributed by atoms with Crippen molar-refractivity contribution in [2.45, 2.75) is 13.0 Å². The highest BCUT2D eigenvalue weighted by Crippen LogP contribution is 2.24. The lowest BCUT2D eigenvalue weighted by Gasteiger charge is -2.21. The van der Waals surface area contributed by atoms with E-state index in [0.717, 1.165) is 16.9 Å². The van der Waals surface area contributed by atoms with Gasteiger partial charge in [0, 0.05) is 13.1 Å². The maximum atomic E-state index is 12.4. The first-order valence-corrected chi connectivity index (χ1v) is 8.60. The third-order valence-electron chi connectivity index (χ3n) is 4.48. The summed E-state index contributed by atoms with van der Waals surface area (Å²) in [5, 5.41) is 5.94. The number of ether oxygens (including phenoxy) is 1. The van der Waals surface area contributed by atoms with Gasteiger partial charge in [0.2, 0.25) is 5.91 Å². The summed E-state index contributed by atoms with van der Waals surface area (Å²) in [6.07, 6.45) is 0. The van der Waals surface area contributed by atoms with E-state index >= 15 is 0 Å². The zero-order valence-corrected chi connectivity index (χ0v) is 15.0. The van der Waals surface area contributed by atoms with Crippen molar-refractivity contribution in [3.63, 3.8) is 0 Å². The Hall–Kier alpha value is -2.86. The van der Waals surface area contributed by atoms with Gasteiger partial charge in [0.15, 0.2) is 0 Å². The zero-order valence-electron chi connectivity index (χ0n) is 15.0. The van der Waals surface area contributed by atoms with Crippen LogP contribution < -0.4 is 15.4 Å². The number of hydrogen-bond acceptors (Lipinski definition) is 4. The molecule has 0 saturated carbocycles. The zero-order chi connectivity index (χ0) is 18.5. The predicted octanol–water partition coefficient (Wildman–Crippen LogP) is 2.23. The summed E-state index contributed by atoms with van der Waals surface area (Å²) in [6.45, 7) is 3.04. The van der Waals surface area contributed by atoms with Crippen LogP contribution in [-0.4, -0.2) is 43.6 Å².